The van der Waals surface area contributed by atoms with Gasteiger partial charge in [-0.05, 0) is 43.2 Å². The van der Waals surface area contributed by atoms with Crippen LogP contribution in [0.1, 0.15) is 30.2 Å². The van der Waals surface area contributed by atoms with Gasteiger partial charge in [-0.3, -0.25) is 9.79 Å². The van der Waals surface area contributed by atoms with Crippen molar-refractivity contribution in [1.82, 2.24) is 14.9 Å². The number of thioether (sulfide) groups is 1. The summed E-state index contributed by atoms with van der Waals surface area (Å²) in [6, 6.07) is 4.81. The number of halogens is 3. The number of amidine groups is 1. The first kappa shape index (κ1) is 30.1. The van der Waals surface area contributed by atoms with Crippen molar-refractivity contribution < 1.29 is 28.2 Å². The number of hydrogen-bond acceptors (Lipinski definition) is 7. The van der Waals surface area contributed by atoms with Crippen molar-refractivity contribution in [3.63, 3.8) is 0 Å². The summed E-state index contributed by atoms with van der Waals surface area (Å²) in [7, 11) is -1.42. The first-order valence-corrected chi connectivity index (χ1v) is 17.4. The Bertz CT molecular complexity index is 1390. The number of carbonyl (C=O) groups excluding carboxylic acids is 1. The number of carboxylic acid groups (broad SMARTS) is 1. The van der Waals surface area contributed by atoms with E-state index in [1.807, 2.05) is 0 Å². The number of rotatable bonds is 9. The number of hydrogen-bond donors (Lipinski definition) is 2. The fraction of sp³-hybridized carbons (Fsp3) is 0.423. The highest BCUT2D eigenvalue weighted by molar-refractivity contribution is 8.16. The highest BCUT2D eigenvalue weighted by Crippen LogP contribution is 2.66. The van der Waals surface area contributed by atoms with Crippen LogP contribution in [0.5, 0.6) is 0 Å². The first-order valence-electron chi connectivity index (χ1n) is 12.5. The van der Waals surface area contributed by atoms with Gasteiger partial charge in [0.2, 0.25) is 5.91 Å². The molecule has 2 aliphatic rings. The molecule has 1 aliphatic heterocycles. The van der Waals surface area contributed by atoms with Gasteiger partial charge < -0.3 is 15.6 Å². The summed E-state index contributed by atoms with van der Waals surface area (Å²) < 4.78 is 34.8. The van der Waals surface area contributed by atoms with Crippen LogP contribution in [0.3, 0.4) is 0 Å². The van der Waals surface area contributed by atoms with Crippen molar-refractivity contribution in [2.75, 3.05) is 13.3 Å². The molecule has 40 heavy (non-hydrogen) atoms. The number of amides is 2. The van der Waals surface area contributed by atoms with Crippen molar-refractivity contribution in [1.29, 1.82) is 0 Å². The molecule has 3 N–H and O–H groups in total. The van der Waals surface area contributed by atoms with Gasteiger partial charge in [-0.1, -0.05) is 49.1 Å². The molecule has 2 aromatic rings. The molecular formula is C26H30ClF2N5O4SSi. The molecular weight excluding hydrogens is 580 g/mol. The zero-order chi connectivity index (χ0) is 29.5. The minimum atomic E-state index is -1.42. The second kappa shape index (κ2) is 11.2. The smallest absolute Gasteiger partial charge is 0.415 e. The molecule has 4 rings (SSSR count). The summed E-state index contributed by atoms with van der Waals surface area (Å²) in [5, 5.41) is 10.1. The Hall–Kier alpha value is -2.87. The molecule has 3 atom stereocenters. The molecule has 1 aliphatic carbocycles. The predicted molar refractivity (Wildman–Crippen MR) is 154 cm³/mol. The maximum absolute atomic E-state index is 15.4. The number of nitrogens with two attached hydrogens (primary N) is 1. The van der Waals surface area contributed by atoms with Crippen molar-refractivity contribution in [2.45, 2.75) is 49.3 Å². The number of ether oxygens (including phenoxy) is 1. The molecule has 0 radical (unpaired) electrons. The van der Waals surface area contributed by atoms with Gasteiger partial charge in [-0.2, -0.15) is 0 Å². The third kappa shape index (κ3) is 6.22. The van der Waals surface area contributed by atoms with Crippen molar-refractivity contribution in [3.8, 4) is 0 Å². The zero-order valence-corrected chi connectivity index (χ0v) is 25.0. The zero-order valence-electron chi connectivity index (χ0n) is 22.5. The Morgan fingerprint density at radius 1 is 1.32 bits per heavy atom. The van der Waals surface area contributed by atoms with E-state index >= 15 is 4.39 Å². The number of aliphatic imine (C=N–C) groups is 1. The fourth-order valence-electron chi connectivity index (χ4n) is 4.56. The van der Waals surface area contributed by atoms with Gasteiger partial charge in [0.15, 0.2) is 11.0 Å². The first-order chi connectivity index (χ1) is 18.7. The van der Waals surface area contributed by atoms with E-state index in [-0.39, 0.29) is 34.7 Å². The van der Waals surface area contributed by atoms with Gasteiger partial charge in [0.25, 0.3) is 0 Å². The van der Waals surface area contributed by atoms with Crippen molar-refractivity contribution in [3.05, 3.63) is 58.4 Å². The lowest BCUT2D eigenvalue weighted by Crippen LogP contribution is -2.46. The van der Waals surface area contributed by atoms with Crippen LogP contribution in [0.15, 0.2) is 35.6 Å². The molecule has 1 fully saturated rings. The highest BCUT2D eigenvalue weighted by atomic mass is 35.5. The van der Waals surface area contributed by atoms with Crippen LogP contribution in [0.4, 0.5) is 13.6 Å². The summed E-state index contributed by atoms with van der Waals surface area (Å²) in [5.41, 5.74) is 4.73. The molecule has 1 aromatic heterocycles. The van der Waals surface area contributed by atoms with E-state index in [4.69, 9.17) is 22.1 Å². The summed E-state index contributed by atoms with van der Waals surface area (Å²) in [6.45, 7) is 8.21. The maximum Gasteiger partial charge on any atom is 0.415 e. The number of fused-ring (bicyclic) bond motifs is 1. The van der Waals surface area contributed by atoms with Crippen LogP contribution in [0, 0.1) is 11.7 Å². The quantitative estimate of drug-likeness (QED) is 0.215. The summed E-state index contributed by atoms with van der Waals surface area (Å²) >= 11 is 6.68. The van der Waals surface area contributed by atoms with E-state index in [1.54, 1.807) is 6.92 Å². The topological polar surface area (TPSA) is 131 Å². The number of nitrogens with zero attached hydrogens (tertiary/aromatic N) is 4. The van der Waals surface area contributed by atoms with Crippen molar-refractivity contribution in [2.24, 2.45) is 16.6 Å². The summed E-state index contributed by atoms with van der Waals surface area (Å²) in [5.74, 6) is -2.51. The Morgan fingerprint density at radius 2 is 2.05 bits per heavy atom. The Labute approximate surface area is 240 Å². The van der Waals surface area contributed by atoms with E-state index in [0.717, 1.165) is 28.8 Å². The number of aromatic nitrogens is 2. The Kier molecular flexibility index (Phi) is 8.42. The molecule has 0 saturated heterocycles. The van der Waals surface area contributed by atoms with Crippen LogP contribution >= 0.6 is 23.4 Å². The lowest BCUT2D eigenvalue weighted by Gasteiger charge is -2.36. The lowest BCUT2D eigenvalue weighted by atomic mass is 9.84. The van der Waals surface area contributed by atoms with E-state index in [9.17, 15) is 19.1 Å². The minimum absolute atomic E-state index is 0.0153. The van der Waals surface area contributed by atoms with Crippen molar-refractivity contribution >= 4 is 60.5 Å². The van der Waals surface area contributed by atoms with Gasteiger partial charge in [-0.15, -0.1) is 0 Å². The van der Waals surface area contributed by atoms with Crippen LogP contribution in [0.2, 0.25) is 30.8 Å². The largest absolute Gasteiger partial charge is 0.465 e. The summed E-state index contributed by atoms with van der Waals surface area (Å²) in [6.07, 6.45) is 2.48. The number of primary amides is 1. The maximum atomic E-state index is 15.4. The van der Waals surface area contributed by atoms with E-state index in [0.29, 0.717) is 12.2 Å². The molecule has 1 saturated carbocycles. The number of benzene rings is 1. The van der Waals surface area contributed by atoms with E-state index in [1.165, 1.54) is 30.6 Å². The second-order valence-electron chi connectivity index (χ2n) is 11.2. The van der Waals surface area contributed by atoms with Crippen LogP contribution in [-0.2, 0) is 15.1 Å². The third-order valence-electron chi connectivity index (χ3n) is 6.98. The normalized spacial score (nSPS) is 24.2. The second-order valence-corrected chi connectivity index (χ2v) is 18.5. The highest BCUT2D eigenvalue weighted by Gasteiger charge is 2.70. The van der Waals surface area contributed by atoms with E-state index < -0.39 is 47.9 Å². The molecule has 1 aromatic carbocycles. The van der Waals surface area contributed by atoms with Gasteiger partial charge in [-0.25, -0.2) is 28.4 Å². The van der Waals surface area contributed by atoms with Gasteiger partial charge in [0.1, 0.15) is 28.1 Å². The Balaban J connectivity index is 1.71. The standard InChI is InChI=1S/C26H30ClF2N5O4SSi/c1-25(16-9-15(5-6-17(16)28)10-18(29)19-12-32-21(27)13-31-19)20-11-26(20,22(30)35)39-23(33-25)34(24(36)37)14-38-7-8-40(2,3)4/h5-6,9-10,12-13,20H,7-8,11,14H2,1-4H3,(H2,30,35)(H,36,37)/b18-10-/t20-,25+,26-/m0/s1. The lowest BCUT2D eigenvalue weighted by molar-refractivity contribution is -0.118. The molecule has 2 heterocycles. The van der Waals surface area contributed by atoms with Gasteiger partial charge >= 0.3 is 6.09 Å². The van der Waals surface area contributed by atoms with Gasteiger partial charge in [0, 0.05) is 26.2 Å². The summed E-state index contributed by atoms with van der Waals surface area (Å²) in [4.78, 5) is 38.1. The van der Waals surface area contributed by atoms with E-state index in [2.05, 4.69) is 34.6 Å². The SMILES string of the molecule is C[C@]1(c2cc(/C=C(\F)c3cnc(Cl)cn3)ccc2F)N=C(N(COCC[Si](C)(C)C)C(=O)O)S[C@@]2(C(N)=O)C[C@H]21. The average molecular weight is 610 g/mol. The predicted octanol–water partition coefficient (Wildman–Crippen LogP) is 5.59. The number of carbonyl (C=O) groups is 2. The van der Waals surface area contributed by atoms with Crippen LogP contribution in [-0.4, -0.2) is 63.3 Å². The average Bonchev–Trinajstić information content (AvgIpc) is 3.62. The Morgan fingerprint density at radius 3 is 2.65 bits per heavy atom. The molecule has 14 heteroatoms. The molecule has 9 nitrogen and oxygen atoms in total. The fourth-order valence-corrected chi connectivity index (χ4v) is 6.94. The molecule has 214 valence electrons. The third-order valence-corrected chi connectivity index (χ3v) is 10.4. The monoisotopic (exact) mass is 609 g/mol. The van der Waals surface area contributed by atoms with Crippen LogP contribution < -0.4 is 5.73 Å². The molecule has 0 bridgehead atoms. The van der Waals surface area contributed by atoms with Crippen LogP contribution in [0.25, 0.3) is 11.9 Å². The molecule has 2 amide bonds. The van der Waals surface area contributed by atoms with Gasteiger partial charge in [0.05, 0.1) is 17.9 Å². The minimum Gasteiger partial charge on any atom is -0.465 e. The molecule has 0 unspecified atom stereocenters. The molecule has 0 spiro atoms.